The van der Waals surface area contributed by atoms with Crippen LogP contribution in [0.25, 0.3) is 0 Å². The van der Waals surface area contributed by atoms with Gasteiger partial charge in [-0.2, -0.15) is 0 Å². The highest BCUT2D eigenvalue weighted by Crippen LogP contribution is 2.33. The van der Waals surface area contributed by atoms with Crippen LogP contribution in [0.1, 0.15) is 59.3 Å². The average Bonchev–Trinajstić information content (AvgIpc) is 3.63. The lowest BCUT2D eigenvalue weighted by Gasteiger charge is -2.36. The minimum atomic E-state index is -3.10. The van der Waals surface area contributed by atoms with E-state index in [1.54, 1.807) is 15.4 Å². The Morgan fingerprint density at radius 2 is 1.67 bits per heavy atom. The zero-order valence-corrected chi connectivity index (χ0v) is 20.7. The summed E-state index contributed by atoms with van der Waals surface area (Å²) >= 11 is 0. The third kappa shape index (κ3) is 6.08. The van der Waals surface area contributed by atoms with E-state index in [4.69, 9.17) is 14.2 Å². The SMILES string of the molecule is CC(C)OC(=O)N1CCC(OC2=NC=CC(OC3CCN(S(=O)(=O)C4CC4)CC3)C2C)CC1. The molecule has 0 N–H and O–H groups in total. The van der Waals surface area contributed by atoms with Crippen LogP contribution in [-0.2, 0) is 24.2 Å². The molecule has 10 heteroatoms. The largest absolute Gasteiger partial charge is 0.477 e. The van der Waals surface area contributed by atoms with Crippen molar-refractivity contribution in [2.45, 2.75) is 89.0 Å². The molecule has 1 aliphatic carbocycles. The Balaban J connectivity index is 1.22. The van der Waals surface area contributed by atoms with Crippen molar-refractivity contribution in [1.82, 2.24) is 9.21 Å². The first-order chi connectivity index (χ1) is 15.7. The minimum Gasteiger partial charge on any atom is -0.477 e. The Hall–Kier alpha value is -1.65. The Kier molecular flexibility index (Phi) is 7.65. The van der Waals surface area contributed by atoms with Crippen LogP contribution in [0.2, 0.25) is 0 Å². The lowest BCUT2D eigenvalue weighted by molar-refractivity contribution is -0.0296. The van der Waals surface area contributed by atoms with Crippen LogP contribution in [0.5, 0.6) is 0 Å². The number of nitrogens with zero attached hydrogens (tertiary/aromatic N) is 3. The summed E-state index contributed by atoms with van der Waals surface area (Å²) in [5.41, 5.74) is 0. The van der Waals surface area contributed by atoms with E-state index in [1.807, 2.05) is 19.9 Å². The van der Waals surface area contributed by atoms with Gasteiger partial charge in [0.2, 0.25) is 10.0 Å². The second-order valence-electron chi connectivity index (χ2n) is 9.78. The predicted octanol–water partition coefficient (Wildman–Crippen LogP) is 2.92. The zero-order valence-electron chi connectivity index (χ0n) is 19.9. The quantitative estimate of drug-likeness (QED) is 0.576. The number of aliphatic imine (C=N–C) groups is 1. The molecular weight excluding hydrogens is 446 g/mol. The molecule has 2 unspecified atom stereocenters. The van der Waals surface area contributed by atoms with Gasteiger partial charge in [-0.3, -0.25) is 0 Å². The second kappa shape index (κ2) is 10.3. The monoisotopic (exact) mass is 483 g/mol. The first-order valence-electron chi connectivity index (χ1n) is 12.2. The number of amides is 1. The summed E-state index contributed by atoms with van der Waals surface area (Å²) in [6.07, 6.45) is 7.69. The van der Waals surface area contributed by atoms with Gasteiger partial charge in [0, 0.05) is 45.2 Å². The summed E-state index contributed by atoms with van der Waals surface area (Å²) in [4.78, 5) is 18.3. The molecule has 0 bridgehead atoms. The van der Waals surface area contributed by atoms with Gasteiger partial charge < -0.3 is 19.1 Å². The highest BCUT2D eigenvalue weighted by Gasteiger charge is 2.41. The fraction of sp³-hybridized carbons (Fsp3) is 0.826. The third-order valence-corrected chi connectivity index (χ3v) is 9.14. The summed E-state index contributed by atoms with van der Waals surface area (Å²) in [5, 5.41) is -0.153. The molecule has 186 valence electrons. The Morgan fingerprint density at radius 3 is 2.27 bits per heavy atom. The smallest absolute Gasteiger partial charge is 0.410 e. The van der Waals surface area contributed by atoms with E-state index >= 15 is 0 Å². The lowest BCUT2D eigenvalue weighted by atomic mass is 10.0. The summed E-state index contributed by atoms with van der Waals surface area (Å²) in [6.45, 7) is 8.03. The maximum absolute atomic E-state index is 12.4. The van der Waals surface area contributed by atoms with Gasteiger partial charge in [0.05, 0.1) is 29.5 Å². The molecule has 9 nitrogen and oxygen atoms in total. The molecule has 0 aromatic carbocycles. The van der Waals surface area contributed by atoms with E-state index in [0.717, 1.165) is 25.7 Å². The number of carbonyl (C=O) groups excluding carboxylic acids is 1. The van der Waals surface area contributed by atoms with Crippen molar-refractivity contribution in [1.29, 1.82) is 0 Å². The molecule has 0 radical (unpaired) electrons. The number of hydrogen-bond donors (Lipinski definition) is 0. The molecule has 0 aromatic rings. The molecule has 3 heterocycles. The number of likely N-dealkylation sites (tertiary alicyclic amines) is 1. The van der Waals surface area contributed by atoms with Gasteiger partial charge in [0.25, 0.3) is 0 Å². The van der Waals surface area contributed by atoms with Gasteiger partial charge in [0.1, 0.15) is 6.10 Å². The van der Waals surface area contributed by atoms with Crippen LogP contribution in [0.15, 0.2) is 17.3 Å². The fourth-order valence-electron chi connectivity index (χ4n) is 4.55. The van der Waals surface area contributed by atoms with E-state index < -0.39 is 10.0 Å². The average molecular weight is 484 g/mol. The maximum Gasteiger partial charge on any atom is 0.410 e. The first kappa shape index (κ1) is 24.5. The molecule has 1 saturated carbocycles. The van der Waals surface area contributed by atoms with E-state index in [9.17, 15) is 13.2 Å². The standard InChI is InChI=1S/C23H37N3O6S/c1-16(2)30-23(27)25-12-7-19(8-13-25)32-22-17(3)21(6-11-24-22)31-18-9-14-26(15-10-18)33(28,29)20-4-5-20/h6,11,16-21H,4-5,7-10,12-15H2,1-3H3. The van der Waals surface area contributed by atoms with Crippen molar-refractivity contribution >= 4 is 22.0 Å². The molecule has 3 fully saturated rings. The van der Waals surface area contributed by atoms with Gasteiger partial charge in [-0.05, 0) is 45.6 Å². The fourth-order valence-corrected chi connectivity index (χ4v) is 6.43. The minimum absolute atomic E-state index is 0.0114. The molecule has 1 amide bonds. The van der Waals surface area contributed by atoms with Crippen molar-refractivity contribution in [3.05, 3.63) is 12.3 Å². The van der Waals surface area contributed by atoms with E-state index in [0.29, 0.717) is 44.9 Å². The summed E-state index contributed by atoms with van der Waals surface area (Å²) in [6, 6.07) is 0. The summed E-state index contributed by atoms with van der Waals surface area (Å²) in [5.74, 6) is 0.645. The van der Waals surface area contributed by atoms with Gasteiger partial charge >= 0.3 is 6.09 Å². The van der Waals surface area contributed by atoms with Crippen LogP contribution in [-0.4, -0.2) is 85.5 Å². The second-order valence-corrected chi connectivity index (χ2v) is 12.0. The van der Waals surface area contributed by atoms with Crippen molar-refractivity contribution < 1.29 is 27.4 Å². The highest BCUT2D eigenvalue weighted by molar-refractivity contribution is 7.90. The Labute approximate surface area is 197 Å². The normalized spacial score (nSPS) is 28.1. The van der Waals surface area contributed by atoms with Crippen LogP contribution in [0.4, 0.5) is 4.79 Å². The van der Waals surface area contributed by atoms with Crippen molar-refractivity contribution in [2.24, 2.45) is 10.9 Å². The van der Waals surface area contributed by atoms with E-state index in [2.05, 4.69) is 11.9 Å². The van der Waals surface area contributed by atoms with E-state index in [1.165, 1.54) is 0 Å². The van der Waals surface area contributed by atoms with Gasteiger partial charge in [-0.25, -0.2) is 22.5 Å². The Morgan fingerprint density at radius 1 is 1.03 bits per heavy atom. The van der Waals surface area contributed by atoms with Crippen molar-refractivity contribution in [2.75, 3.05) is 26.2 Å². The molecular formula is C23H37N3O6S. The van der Waals surface area contributed by atoms with Crippen LogP contribution < -0.4 is 0 Å². The number of piperidine rings is 2. The first-order valence-corrected chi connectivity index (χ1v) is 13.8. The summed E-state index contributed by atoms with van der Waals surface area (Å²) < 4.78 is 44.4. The zero-order chi connectivity index (χ0) is 23.6. The molecule has 3 aliphatic heterocycles. The van der Waals surface area contributed by atoms with Gasteiger partial charge in [-0.1, -0.05) is 6.92 Å². The maximum atomic E-state index is 12.4. The highest BCUT2D eigenvalue weighted by atomic mass is 32.2. The van der Waals surface area contributed by atoms with E-state index in [-0.39, 0.29) is 41.7 Å². The lowest BCUT2D eigenvalue weighted by Crippen LogP contribution is -2.45. The van der Waals surface area contributed by atoms with Crippen LogP contribution in [0, 0.1) is 5.92 Å². The van der Waals surface area contributed by atoms with Crippen molar-refractivity contribution in [3.63, 3.8) is 0 Å². The number of carbonyl (C=O) groups is 1. The van der Waals surface area contributed by atoms with Crippen LogP contribution >= 0.6 is 0 Å². The molecule has 4 rings (SSSR count). The molecule has 0 aromatic heterocycles. The van der Waals surface area contributed by atoms with Crippen molar-refractivity contribution in [3.8, 4) is 0 Å². The molecule has 2 saturated heterocycles. The number of hydrogen-bond acceptors (Lipinski definition) is 7. The predicted molar refractivity (Wildman–Crippen MR) is 124 cm³/mol. The van der Waals surface area contributed by atoms with Gasteiger partial charge in [-0.15, -0.1) is 0 Å². The van der Waals surface area contributed by atoms with Gasteiger partial charge in [0.15, 0.2) is 5.90 Å². The number of sulfonamides is 1. The molecule has 4 aliphatic rings. The topological polar surface area (TPSA) is 97.7 Å². The number of ether oxygens (including phenoxy) is 3. The Bertz CT molecular complexity index is 853. The van der Waals surface area contributed by atoms with Crippen LogP contribution in [0.3, 0.4) is 0 Å². The molecule has 0 spiro atoms. The molecule has 33 heavy (non-hydrogen) atoms. The third-order valence-electron chi connectivity index (χ3n) is 6.74. The summed E-state index contributed by atoms with van der Waals surface area (Å²) in [7, 11) is -3.10. The number of rotatable bonds is 6. The molecule has 2 atom stereocenters.